The highest BCUT2D eigenvalue weighted by Crippen LogP contribution is 2.40. The standard InChI is InChI=1S/C21H18N2O6/c1-3-21(27)13-7-14-16-11(8-23(14)19(25)12(13)9-29-20(21)26)6-10-4-5-15(28-2)18(24)17(10)22-16/h4-7,24,27H,3,8-9H2,1-2H3. The van der Waals surface area contributed by atoms with Crippen LogP contribution < -0.4 is 10.3 Å². The minimum Gasteiger partial charge on any atom is -0.503 e. The number of aromatic nitrogens is 2. The van der Waals surface area contributed by atoms with Gasteiger partial charge in [0.05, 0.1) is 30.6 Å². The van der Waals surface area contributed by atoms with E-state index in [1.165, 1.54) is 7.11 Å². The highest BCUT2D eigenvalue weighted by Gasteiger charge is 2.45. The van der Waals surface area contributed by atoms with Gasteiger partial charge in [-0.1, -0.05) is 6.92 Å². The van der Waals surface area contributed by atoms with Crippen LogP contribution in [0.5, 0.6) is 11.5 Å². The van der Waals surface area contributed by atoms with E-state index in [4.69, 9.17) is 9.47 Å². The highest BCUT2D eigenvalue weighted by molar-refractivity contribution is 5.90. The number of benzene rings is 1. The van der Waals surface area contributed by atoms with Crippen molar-refractivity contribution in [1.82, 2.24) is 9.55 Å². The maximum atomic E-state index is 13.1. The lowest BCUT2D eigenvalue weighted by atomic mass is 9.86. The fourth-order valence-corrected chi connectivity index (χ4v) is 4.18. The van der Waals surface area contributed by atoms with Crippen molar-refractivity contribution in [2.75, 3.05) is 7.11 Å². The first-order chi connectivity index (χ1) is 13.9. The first-order valence-corrected chi connectivity index (χ1v) is 9.25. The Morgan fingerprint density at radius 3 is 2.83 bits per heavy atom. The molecule has 2 aliphatic heterocycles. The predicted molar refractivity (Wildman–Crippen MR) is 103 cm³/mol. The molecule has 2 aliphatic rings. The average Bonchev–Trinajstić information content (AvgIpc) is 3.08. The number of carbonyl (C=O) groups excluding carboxylic acids is 1. The van der Waals surface area contributed by atoms with Gasteiger partial charge in [-0.3, -0.25) is 4.79 Å². The van der Waals surface area contributed by atoms with Crippen LogP contribution in [0.2, 0.25) is 0 Å². The number of cyclic esters (lactones) is 1. The fourth-order valence-electron chi connectivity index (χ4n) is 4.18. The summed E-state index contributed by atoms with van der Waals surface area (Å²) in [5.74, 6) is -0.544. The summed E-state index contributed by atoms with van der Waals surface area (Å²) >= 11 is 0. The van der Waals surface area contributed by atoms with Crippen LogP contribution in [0.25, 0.3) is 22.3 Å². The van der Waals surface area contributed by atoms with Crippen molar-refractivity contribution in [2.24, 2.45) is 0 Å². The van der Waals surface area contributed by atoms with Crippen molar-refractivity contribution >= 4 is 16.9 Å². The monoisotopic (exact) mass is 394 g/mol. The zero-order chi connectivity index (χ0) is 20.5. The molecular weight excluding hydrogens is 376 g/mol. The number of hydrogen-bond donors (Lipinski definition) is 2. The molecule has 148 valence electrons. The Balaban J connectivity index is 1.80. The van der Waals surface area contributed by atoms with Crippen LogP contribution in [0.4, 0.5) is 0 Å². The molecule has 0 radical (unpaired) electrons. The molecular formula is C21H18N2O6. The lowest BCUT2D eigenvalue weighted by Crippen LogP contribution is -2.44. The molecule has 0 saturated heterocycles. The lowest BCUT2D eigenvalue weighted by Gasteiger charge is -2.31. The lowest BCUT2D eigenvalue weighted by molar-refractivity contribution is -0.172. The Kier molecular flexibility index (Phi) is 3.54. The van der Waals surface area contributed by atoms with Crippen LogP contribution in [0.3, 0.4) is 0 Å². The number of aliphatic hydroxyl groups is 1. The van der Waals surface area contributed by atoms with Crippen LogP contribution in [-0.2, 0) is 28.3 Å². The number of ether oxygens (including phenoxy) is 2. The molecule has 4 heterocycles. The van der Waals surface area contributed by atoms with Gasteiger partial charge in [-0.25, -0.2) is 9.78 Å². The molecule has 0 aliphatic carbocycles. The van der Waals surface area contributed by atoms with Gasteiger partial charge in [-0.15, -0.1) is 0 Å². The summed E-state index contributed by atoms with van der Waals surface area (Å²) in [6, 6.07) is 6.96. The molecule has 2 N–H and O–H groups in total. The Morgan fingerprint density at radius 1 is 1.31 bits per heavy atom. The van der Waals surface area contributed by atoms with E-state index in [1.54, 1.807) is 29.7 Å². The van der Waals surface area contributed by atoms with E-state index >= 15 is 0 Å². The summed E-state index contributed by atoms with van der Waals surface area (Å²) in [5.41, 5.74) is 0.540. The van der Waals surface area contributed by atoms with Crippen molar-refractivity contribution in [3.8, 4) is 22.9 Å². The normalized spacial score (nSPS) is 19.5. The molecule has 2 aromatic heterocycles. The van der Waals surface area contributed by atoms with Crippen LogP contribution in [0, 0.1) is 0 Å². The van der Waals surface area contributed by atoms with Gasteiger partial charge < -0.3 is 24.3 Å². The number of phenolic OH excluding ortho intramolecular Hbond substituents is 1. The van der Waals surface area contributed by atoms with E-state index in [-0.39, 0.29) is 35.5 Å². The van der Waals surface area contributed by atoms with E-state index < -0.39 is 11.6 Å². The minimum atomic E-state index is -1.87. The molecule has 0 spiro atoms. The van der Waals surface area contributed by atoms with Gasteiger partial charge >= 0.3 is 5.97 Å². The summed E-state index contributed by atoms with van der Waals surface area (Å²) < 4.78 is 11.8. The molecule has 0 amide bonds. The van der Waals surface area contributed by atoms with Gasteiger partial charge in [-0.2, -0.15) is 0 Å². The number of carbonyl (C=O) groups is 1. The van der Waals surface area contributed by atoms with Gasteiger partial charge in [0, 0.05) is 16.5 Å². The summed E-state index contributed by atoms with van der Waals surface area (Å²) in [6.45, 7) is 1.80. The van der Waals surface area contributed by atoms with E-state index in [0.29, 0.717) is 29.2 Å². The van der Waals surface area contributed by atoms with E-state index in [0.717, 1.165) is 10.9 Å². The molecule has 1 unspecified atom stereocenters. The number of esters is 1. The third-order valence-corrected chi connectivity index (χ3v) is 5.84. The Morgan fingerprint density at radius 2 is 2.10 bits per heavy atom. The zero-order valence-corrected chi connectivity index (χ0v) is 15.9. The summed E-state index contributed by atoms with van der Waals surface area (Å²) in [6.07, 6.45) is 0.0811. The van der Waals surface area contributed by atoms with Crippen molar-refractivity contribution in [3.63, 3.8) is 0 Å². The quantitative estimate of drug-likeness (QED) is 0.499. The number of phenols is 1. The van der Waals surface area contributed by atoms with Crippen molar-refractivity contribution < 1.29 is 24.5 Å². The molecule has 8 heteroatoms. The number of methoxy groups -OCH3 is 1. The van der Waals surface area contributed by atoms with Crippen LogP contribution in [-0.4, -0.2) is 32.8 Å². The molecule has 1 aromatic carbocycles. The van der Waals surface area contributed by atoms with E-state index in [9.17, 15) is 19.8 Å². The third-order valence-electron chi connectivity index (χ3n) is 5.84. The fraction of sp³-hybridized carbons (Fsp3) is 0.286. The molecule has 3 aromatic rings. The summed E-state index contributed by atoms with van der Waals surface area (Å²) in [4.78, 5) is 29.9. The zero-order valence-electron chi connectivity index (χ0n) is 15.9. The Bertz CT molecular complexity index is 1280. The average molecular weight is 394 g/mol. The van der Waals surface area contributed by atoms with Gasteiger partial charge in [0.25, 0.3) is 5.56 Å². The van der Waals surface area contributed by atoms with E-state index in [2.05, 4.69) is 4.98 Å². The number of rotatable bonds is 2. The number of fused-ring (bicyclic) bond motifs is 5. The second kappa shape index (κ2) is 5.81. The van der Waals surface area contributed by atoms with Gasteiger partial charge in [-0.05, 0) is 30.7 Å². The maximum Gasteiger partial charge on any atom is 0.343 e. The molecule has 5 rings (SSSR count). The summed E-state index contributed by atoms with van der Waals surface area (Å²) in [5, 5.41) is 22.1. The van der Waals surface area contributed by atoms with Crippen LogP contribution in [0.1, 0.15) is 30.0 Å². The third kappa shape index (κ3) is 2.20. The largest absolute Gasteiger partial charge is 0.503 e. The van der Waals surface area contributed by atoms with Gasteiger partial charge in [0.2, 0.25) is 0 Å². The van der Waals surface area contributed by atoms with Gasteiger partial charge in [0.15, 0.2) is 17.1 Å². The van der Waals surface area contributed by atoms with Crippen LogP contribution >= 0.6 is 0 Å². The first-order valence-electron chi connectivity index (χ1n) is 9.25. The number of pyridine rings is 2. The maximum absolute atomic E-state index is 13.1. The van der Waals surface area contributed by atoms with Crippen molar-refractivity contribution in [2.45, 2.75) is 32.1 Å². The second-order valence-electron chi connectivity index (χ2n) is 7.29. The topological polar surface area (TPSA) is 111 Å². The molecule has 29 heavy (non-hydrogen) atoms. The van der Waals surface area contributed by atoms with E-state index in [1.807, 2.05) is 6.07 Å². The minimum absolute atomic E-state index is 0.0811. The molecule has 0 saturated carbocycles. The van der Waals surface area contributed by atoms with Crippen molar-refractivity contribution in [3.05, 3.63) is 51.3 Å². The number of hydrogen-bond acceptors (Lipinski definition) is 7. The van der Waals surface area contributed by atoms with Crippen LogP contribution in [0.15, 0.2) is 29.1 Å². The smallest absolute Gasteiger partial charge is 0.343 e. The SMILES string of the molecule is CCC1(O)C(=O)OCc2c1cc1n(c2=O)Cc2cc3ccc(OC)c(O)c3nc2-1. The first kappa shape index (κ1) is 17.7. The molecule has 0 fully saturated rings. The highest BCUT2D eigenvalue weighted by atomic mass is 16.6. The van der Waals surface area contributed by atoms with Gasteiger partial charge in [0.1, 0.15) is 12.1 Å². The predicted octanol–water partition coefficient (Wildman–Crippen LogP) is 1.79. The molecule has 0 bridgehead atoms. The number of nitrogens with zero attached hydrogens (tertiary/aromatic N) is 2. The second-order valence-corrected chi connectivity index (χ2v) is 7.29. The van der Waals surface area contributed by atoms with Crippen molar-refractivity contribution in [1.29, 1.82) is 0 Å². The number of aromatic hydroxyl groups is 1. The molecule has 1 atom stereocenters. The Labute approximate surface area is 165 Å². The molecule has 8 nitrogen and oxygen atoms in total. The Hall–Kier alpha value is -3.39. The summed E-state index contributed by atoms with van der Waals surface area (Å²) in [7, 11) is 1.46.